The smallest absolute Gasteiger partial charge is 0.0623 e. The van der Waals surface area contributed by atoms with Gasteiger partial charge >= 0.3 is 0 Å². The standard InChI is InChI=1S/C19H39NO/c1-8-20-17(13-14-19(5,6)21-7)15-9-11-16(12-10-15)18(2,3)4/h15-17,20H,8-14H2,1-7H3. The van der Waals surface area contributed by atoms with E-state index in [9.17, 15) is 0 Å². The van der Waals surface area contributed by atoms with Crippen molar-refractivity contribution in [1.29, 1.82) is 0 Å². The first-order valence-electron chi connectivity index (χ1n) is 8.98. The predicted molar refractivity (Wildman–Crippen MR) is 92.7 cm³/mol. The summed E-state index contributed by atoms with van der Waals surface area (Å²) < 4.78 is 5.59. The van der Waals surface area contributed by atoms with Gasteiger partial charge in [0.25, 0.3) is 0 Å². The van der Waals surface area contributed by atoms with E-state index in [0.29, 0.717) is 11.5 Å². The average Bonchev–Trinajstić information content (AvgIpc) is 2.43. The van der Waals surface area contributed by atoms with E-state index >= 15 is 0 Å². The molecule has 1 unspecified atom stereocenters. The molecule has 0 aromatic heterocycles. The third kappa shape index (κ3) is 6.28. The zero-order valence-corrected chi connectivity index (χ0v) is 15.6. The summed E-state index contributed by atoms with van der Waals surface area (Å²) in [6.45, 7) is 14.9. The minimum atomic E-state index is 0.0102. The minimum Gasteiger partial charge on any atom is -0.379 e. The molecule has 1 rings (SSSR count). The molecular weight excluding hydrogens is 258 g/mol. The normalized spacial score (nSPS) is 25.9. The predicted octanol–water partition coefficient (Wildman–Crippen LogP) is 5.02. The highest BCUT2D eigenvalue weighted by Gasteiger charge is 2.33. The minimum absolute atomic E-state index is 0.0102. The lowest BCUT2D eigenvalue weighted by molar-refractivity contribution is 0.00878. The highest BCUT2D eigenvalue weighted by Crippen LogP contribution is 2.41. The molecule has 0 saturated heterocycles. The molecule has 0 aromatic rings. The van der Waals surface area contributed by atoms with Crippen molar-refractivity contribution in [3.8, 4) is 0 Å². The molecule has 1 aliphatic carbocycles. The van der Waals surface area contributed by atoms with Gasteiger partial charge in [0, 0.05) is 13.2 Å². The summed E-state index contributed by atoms with van der Waals surface area (Å²) in [5.74, 6) is 1.77. The number of ether oxygens (including phenoxy) is 1. The van der Waals surface area contributed by atoms with Gasteiger partial charge in [-0.1, -0.05) is 27.7 Å². The fourth-order valence-electron chi connectivity index (χ4n) is 3.76. The summed E-state index contributed by atoms with van der Waals surface area (Å²) >= 11 is 0. The second-order valence-electron chi connectivity index (χ2n) is 8.64. The lowest BCUT2D eigenvalue weighted by Gasteiger charge is -2.40. The molecule has 0 aromatic carbocycles. The Bertz CT molecular complexity index is 284. The fourth-order valence-corrected chi connectivity index (χ4v) is 3.76. The second-order valence-corrected chi connectivity index (χ2v) is 8.64. The topological polar surface area (TPSA) is 21.3 Å². The van der Waals surface area contributed by atoms with E-state index in [4.69, 9.17) is 4.74 Å². The highest BCUT2D eigenvalue weighted by atomic mass is 16.5. The molecule has 0 heterocycles. The number of nitrogens with one attached hydrogen (secondary N) is 1. The van der Waals surface area contributed by atoms with E-state index < -0.39 is 0 Å². The van der Waals surface area contributed by atoms with Crippen LogP contribution in [0.4, 0.5) is 0 Å². The summed E-state index contributed by atoms with van der Waals surface area (Å²) in [7, 11) is 1.83. The lowest BCUT2D eigenvalue weighted by Crippen LogP contribution is -2.40. The maximum Gasteiger partial charge on any atom is 0.0623 e. The zero-order chi connectivity index (χ0) is 16.1. The molecule has 0 amide bonds. The van der Waals surface area contributed by atoms with Crippen LogP contribution in [0.5, 0.6) is 0 Å². The number of rotatable bonds is 7. The average molecular weight is 298 g/mol. The van der Waals surface area contributed by atoms with Crippen LogP contribution in [0.3, 0.4) is 0 Å². The van der Waals surface area contributed by atoms with Crippen molar-refractivity contribution < 1.29 is 4.74 Å². The summed E-state index contributed by atoms with van der Waals surface area (Å²) in [6, 6.07) is 0.672. The lowest BCUT2D eigenvalue weighted by atomic mass is 9.68. The Morgan fingerprint density at radius 3 is 2.05 bits per heavy atom. The Balaban J connectivity index is 2.51. The number of methoxy groups -OCH3 is 1. The molecule has 1 fully saturated rings. The van der Waals surface area contributed by atoms with Gasteiger partial charge < -0.3 is 10.1 Å². The van der Waals surface area contributed by atoms with Gasteiger partial charge in [0.05, 0.1) is 5.60 Å². The molecule has 0 bridgehead atoms. The van der Waals surface area contributed by atoms with Crippen molar-refractivity contribution >= 4 is 0 Å². The van der Waals surface area contributed by atoms with Crippen LogP contribution in [0.15, 0.2) is 0 Å². The first-order chi connectivity index (χ1) is 9.69. The first kappa shape index (κ1) is 19.0. The molecular formula is C19H39NO. The number of hydrogen-bond acceptors (Lipinski definition) is 2. The zero-order valence-electron chi connectivity index (χ0n) is 15.6. The first-order valence-corrected chi connectivity index (χ1v) is 8.98. The van der Waals surface area contributed by atoms with Gasteiger partial charge in [0.1, 0.15) is 0 Å². The van der Waals surface area contributed by atoms with Crippen molar-refractivity contribution in [2.24, 2.45) is 17.3 Å². The Hall–Kier alpha value is -0.0800. The van der Waals surface area contributed by atoms with Gasteiger partial charge in [-0.15, -0.1) is 0 Å². The third-order valence-corrected chi connectivity index (χ3v) is 5.64. The third-order valence-electron chi connectivity index (χ3n) is 5.64. The molecule has 1 saturated carbocycles. The Kier molecular flexibility index (Phi) is 7.19. The largest absolute Gasteiger partial charge is 0.379 e. The molecule has 1 N–H and O–H groups in total. The van der Waals surface area contributed by atoms with Crippen LogP contribution in [-0.2, 0) is 4.74 Å². The van der Waals surface area contributed by atoms with Crippen LogP contribution >= 0.6 is 0 Å². The molecule has 2 heteroatoms. The summed E-state index contributed by atoms with van der Waals surface area (Å²) in [5.41, 5.74) is 0.493. The van der Waals surface area contributed by atoms with Crippen molar-refractivity contribution in [3.63, 3.8) is 0 Å². The highest BCUT2D eigenvalue weighted by molar-refractivity contribution is 4.86. The van der Waals surface area contributed by atoms with Crippen LogP contribution < -0.4 is 5.32 Å². The Morgan fingerprint density at radius 1 is 1.05 bits per heavy atom. The molecule has 126 valence electrons. The molecule has 1 aliphatic rings. The quantitative estimate of drug-likeness (QED) is 0.712. The van der Waals surface area contributed by atoms with Crippen LogP contribution in [0, 0.1) is 17.3 Å². The Morgan fingerprint density at radius 2 is 1.62 bits per heavy atom. The van der Waals surface area contributed by atoms with Crippen molar-refractivity contribution in [2.75, 3.05) is 13.7 Å². The molecule has 0 spiro atoms. The van der Waals surface area contributed by atoms with E-state index in [-0.39, 0.29) is 5.60 Å². The maximum atomic E-state index is 5.59. The summed E-state index contributed by atoms with van der Waals surface area (Å²) in [4.78, 5) is 0. The van der Waals surface area contributed by atoms with Crippen molar-refractivity contribution in [2.45, 2.75) is 91.7 Å². The van der Waals surface area contributed by atoms with Gasteiger partial charge in [-0.3, -0.25) is 0 Å². The van der Waals surface area contributed by atoms with E-state index in [1.807, 2.05) is 7.11 Å². The summed E-state index contributed by atoms with van der Waals surface area (Å²) in [5, 5.41) is 3.75. The van der Waals surface area contributed by atoms with Gasteiger partial charge in [-0.25, -0.2) is 0 Å². The van der Waals surface area contributed by atoms with Gasteiger partial charge in [0.2, 0.25) is 0 Å². The van der Waals surface area contributed by atoms with Crippen LogP contribution in [-0.4, -0.2) is 25.3 Å². The van der Waals surface area contributed by atoms with Crippen LogP contribution in [0.25, 0.3) is 0 Å². The Labute approximate surface area is 133 Å². The fraction of sp³-hybridized carbons (Fsp3) is 1.00. The van der Waals surface area contributed by atoms with Crippen LogP contribution in [0.1, 0.15) is 80.1 Å². The van der Waals surface area contributed by atoms with E-state index in [1.54, 1.807) is 0 Å². The van der Waals surface area contributed by atoms with E-state index in [2.05, 4.69) is 46.9 Å². The molecule has 21 heavy (non-hydrogen) atoms. The van der Waals surface area contributed by atoms with Crippen molar-refractivity contribution in [3.05, 3.63) is 0 Å². The maximum absolute atomic E-state index is 5.59. The summed E-state index contributed by atoms with van der Waals surface area (Å²) in [6.07, 6.45) is 7.98. The second kappa shape index (κ2) is 7.97. The monoisotopic (exact) mass is 297 g/mol. The van der Waals surface area contributed by atoms with E-state index in [1.165, 1.54) is 32.1 Å². The van der Waals surface area contributed by atoms with Gasteiger partial charge in [-0.2, -0.15) is 0 Å². The molecule has 1 atom stereocenters. The molecule has 0 radical (unpaired) electrons. The van der Waals surface area contributed by atoms with E-state index in [0.717, 1.165) is 24.8 Å². The SMILES string of the molecule is CCNC(CCC(C)(C)OC)C1CCC(C(C)(C)C)CC1. The van der Waals surface area contributed by atoms with Crippen LogP contribution in [0.2, 0.25) is 0 Å². The van der Waals surface area contributed by atoms with Gasteiger partial charge in [0.15, 0.2) is 0 Å². The number of hydrogen-bond donors (Lipinski definition) is 1. The van der Waals surface area contributed by atoms with Gasteiger partial charge in [-0.05, 0) is 76.2 Å². The molecule has 2 nitrogen and oxygen atoms in total. The van der Waals surface area contributed by atoms with Crippen molar-refractivity contribution in [1.82, 2.24) is 5.32 Å². The molecule has 0 aliphatic heterocycles.